The Morgan fingerprint density at radius 2 is 1.27 bits per heavy atom. The predicted molar refractivity (Wildman–Crippen MR) is 85.6 cm³/mol. The fourth-order valence-electron chi connectivity index (χ4n) is 1.07. The maximum Gasteiger partial charge on any atom is 0.0410 e. The van der Waals surface area contributed by atoms with Crippen LogP contribution < -0.4 is 0 Å². The number of thioether (sulfide) groups is 3. The number of hydrogen-bond donors (Lipinski definition) is 3. The maximum absolute atomic E-state index is 4.27. The molecule has 0 aliphatic heterocycles. The van der Waals surface area contributed by atoms with Gasteiger partial charge in [0.15, 0.2) is 0 Å². The van der Waals surface area contributed by atoms with Crippen LogP contribution in [0.4, 0.5) is 0 Å². The lowest BCUT2D eigenvalue weighted by Gasteiger charge is -2.11. The van der Waals surface area contributed by atoms with Crippen molar-refractivity contribution in [1.29, 1.82) is 0 Å². The molecule has 0 nitrogen and oxygen atoms in total. The summed E-state index contributed by atoms with van der Waals surface area (Å²) in [4.78, 5) is 3.89. The molecule has 6 heteroatoms. The highest BCUT2D eigenvalue weighted by atomic mass is 32.2. The van der Waals surface area contributed by atoms with E-state index < -0.39 is 0 Å². The lowest BCUT2D eigenvalue weighted by atomic mass is 10.4. The SMILES string of the molecule is SCSc1cccc(SCS)c1SCS. The average Bonchev–Trinajstić information content (AvgIpc) is 2.23. The first kappa shape index (κ1) is 14.4. The molecule has 0 bridgehead atoms. The third-order valence-electron chi connectivity index (χ3n) is 1.59. The fraction of sp³-hybridized carbons (Fsp3) is 0.333. The smallest absolute Gasteiger partial charge is 0.0410 e. The summed E-state index contributed by atoms with van der Waals surface area (Å²) in [6.45, 7) is 0. The first-order valence-corrected chi connectivity index (χ1v) is 9.03. The predicted octanol–water partition coefficient (Wildman–Crippen LogP) is 4.62. The summed E-state index contributed by atoms with van der Waals surface area (Å²) in [5, 5.41) is 2.40. The van der Waals surface area contributed by atoms with Crippen molar-refractivity contribution in [1.82, 2.24) is 0 Å². The second-order valence-corrected chi connectivity index (χ2v) is 7.66. The van der Waals surface area contributed by atoms with Gasteiger partial charge in [-0.05, 0) is 12.1 Å². The first-order chi connectivity index (χ1) is 7.33. The summed E-state index contributed by atoms with van der Waals surface area (Å²) in [7, 11) is 0. The molecule has 1 aromatic rings. The molecule has 0 atom stereocenters. The molecule has 0 unspecified atom stereocenters. The van der Waals surface area contributed by atoms with Gasteiger partial charge in [0.05, 0.1) is 0 Å². The van der Waals surface area contributed by atoms with E-state index in [2.05, 4.69) is 56.1 Å². The van der Waals surface area contributed by atoms with Crippen molar-refractivity contribution in [2.45, 2.75) is 14.7 Å². The molecule has 0 aliphatic rings. The Kier molecular flexibility index (Phi) is 8.07. The minimum Gasteiger partial charge on any atom is -0.168 e. The highest BCUT2D eigenvalue weighted by Gasteiger charge is 2.08. The zero-order valence-corrected chi connectivity index (χ0v) is 13.1. The van der Waals surface area contributed by atoms with Crippen LogP contribution in [0.1, 0.15) is 0 Å². The molecule has 84 valence electrons. The molecule has 0 saturated carbocycles. The number of rotatable bonds is 6. The molecule has 0 radical (unpaired) electrons. The molecule has 0 amide bonds. The molecular weight excluding hydrogens is 301 g/mol. The fourth-order valence-corrected chi connectivity index (χ4v) is 4.72. The van der Waals surface area contributed by atoms with Crippen LogP contribution in [0.2, 0.25) is 0 Å². The molecule has 1 rings (SSSR count). The summed E-state index contributed by atoms with van der Waals surface area (Å²) in [6, 6.07) is 6.35. The van der Waals surface area contributed by atoms with E-state index in [0.717, 1.165) is 15.3 Å². The third-order valence-corrected chi connectivity index (χ3v) is 5.43. The normalized spacial score (nSPS) is 10.6. The van der Waals surface area contributed by atoms with Gasteiger partial charge in [-0.2, -0.15) is 37.9 Å². The van der Waals surface area contributed by atoms with Gasteiger partial charge in [-0.3, -0.25) is 0 Å². The summed E-state index contributed by atoms with van der Waals surface area (Å²) < 4.78 is 0. The average molecular weight is 313 g/mol. The molecule has 0 saturated heterocycles. The molecule has 15 heavy (non-hydrogen) atoms. The molecule has 0 aliphatic carbocycles. The zero-order valence-electron chi connectivity index (χ0n) is 7.92. The number of thiol groups is 3. The Morgan fingerprint density at radius 1 is 0.800 bits per heavy atom. The standard InChI is InChI=1S/C9H12S6/c10-4-13-7-2-1-3-8(14-5-11)9(7)15-6-12/h1-3,10-12H,4-6H2. The van der Waals surface area contributed by atoms with Gasteiger partial charge < -0.3 is 0 Å². The van der Waals surface area contributed by atoms with E-state index in [0.29, 0.717) is 0 Å². The van der Waals surface area contributed by atoms with Gasteiger partial charge in [-0.25, -0.2) is 0 Å². The Labute approximate surface area is 120 Å². The van der Waals surface area contributed by atoms with Crippen molar-refractivity contribution < 1.29 is 0 Å². The van der Waals surface area contributed by atoms with E-state index >= 15 is 0 Å². The van der Waals surface area contributed by atoms with Gasteiger partial charge >= 0.3 is 0 Å². The van der Waals surface area contributed by atoms with E-state index in [-0.39, 0.29) is 0 Å². The van der Waals surface area contributed by atoms with Gasteiger partial charge in [0.25, 0.3) is 0 Å². The van der Waals surface area contributed by atoms with Gasteiger partial charge in [0, 0.05) is 29.9 Å². The van der Waals surface area contributed by atoms with E-state index in [9.17, 15) is 0 Å². The second kappa shape index (κ2) is 8.42. The topological polar surface area (TPSA) is 0 Å². The van der Waals surface area contributed by atoms with Crippen LogP contribution in [0, 0.1) is 0 Å². The minimum atomic E-state index is 0.796. The van der Waals surface area contributed by atoms with Crippen molar-refractivity contribution in [2.75, 3.05) is 15.3 Å². The van der Waals surface area contributed by atoms with Crippen LogP contribution in [0.25, 0.3) is 0 Å². The Bertz CT molecular complexity index is 276. The summed E-state index contributed by atoms with van der Waals surface area (Å²) >= 11 is 18.0. The Morgan fingerprint density at radius 3 is 1.67 bits per heavy atom. The van der Waals surface area contributed by atoms with E-state index in [1.54, 1.807) is 35.3 Å². The summed E-state index contributed by atoms with van der Waals surface area (Å²) in [5.74, 6) is 0. The van der Waals surface area contributed by atoms with Crippen molar-refractivity contribution in [2.24, 2.45) is 0 Å². The highest BCUT2D eigenvalue weighted by molar-refractivity contribution is 8.12. The van der Waals surface area contributed by atoms with Crippen LogP contribution in [-0.4, -0.2) is 15.3 Å². The van der Waals surface area contributed by atoms with Crippen LogP contribution in [0.5, 0.6) is 0 Å². The minimum absolute atomic E-state index is 0.796. The van der Waals surface area contributed by atoms with Crippen LogP contribution in [-0.2, 0) is 0 Å². The Hall–Kier alpha value is 1.32. The lowest BCUT2D eigenvalue weighted by Crippen LogP contribution is -1.84. The monoisotopic (exact) mass is 312 g/mol. The van der Waals surface area contributed by atoms with Crippen molar-refractivity contribution in [3.63, 3.8) is 0 Å². The number of hydrogen-bond acceptors (Lipinski definition) is 6. The molecular formula is C9H12S6. The lowest BCUT2D eigenvalue weighted by molar-refractivity contribution is 1.12. The van der Waals surface area contributed by atoms with Gasteiger partial charge in [0.1, 0.15) is 0 Å². The molecule has 0 fully saturated rings. The molecule has 1 aromatic carbocycles. The van der Waals surface area contributed by atoms with Crippen LogP contribution in [0.3, 0.4) is 0 Å². The van der Waals surface area contributed by atoms with Crippen LogP contribution in [0.15, 0.2) is 32.9 Å². The molecule has 0 heterocycles. The summed E-state index contributed by atoms with van der Waals surface area (Å²) in [6.07, 6.45) is 0. The van der Waals surface area contributed by atoms with Gasteiger partial charge in [-0.15, -0.1) is 35.3 Å². The zero-order chi connectivity index (χ0) is 11.1. The molecule has 0 aromatic heterocycles. The van der Waals surface area contributed by atoms with E-state index in [1.807, 2.05) is 0 Å². The van der Waals surface area contributed by atoms with Crippen molar-refractivity contribution >= 4 is 73.2 Å². The van der Waals surface area contributed by atoms with Crippen molar-refractivity contribution in [3.8, 4) is 0 Å². The van der Waals surface area contributed by atoms with E-state index in [4.69, 9.17) is 0 Å². The molecule has 0 N–H and O–H groups in total. The third kappa shape index (κ3) is 4.60. The summed E-state index contributed by atoms with van der Waals surface area (Å²) in [5.41, 5.74) is 0. The number of benzene rings is 1. The van der Waals surface area contributed by atoms with Gasteiger partial charge in [0.2, 0.25) is 0 Å². The van der Waals surface area contributed by atoms with E-state index in [1.165, 1.54) is 14.7 Å². The highest BCUT2D eigenvalue weighted by Crippen LogP contribution is 2.39. The Balaban J connectivity index is 2.97. The first-order valence-electron chi connectivity index (χ1n) is 4.17. The van der Waals surface area contributed by atoms with Crippen LogP contribution >= 0.6 is 73.2 Å². The second-order valence-electron chi connectivity index (χ2n) is 2.40. The maximum atomic E-state index is 4.27. The van der Waals surface area contributed by atoms with Crippen molar-refractivity contribution in [3.05, 3.63) is 18.2 Å². The van der Waals surface area contributed by atoms with Gasteiger partial charge in [-0.1, -0.05) is 6.07 Å². The quantitative estimate of drug-likeness (QED) is 0.398. The molecule has 0 spiro atoms. The largest absolute Gasteiger partial charge is 0.168 e.